The third kappa shape index (κ3) is 4.82. The van der Waals surface area contributed by atoms with E-state index in [4.69, 9.17) is 4.74 Å². The van der Waals surface area contributed by atoms with Gasteiger partial charge in [0.25, 0.3) is 5.91 Å². The van der Waals surface area contributed by atoms with E-state index in [0.717, 1.165) is 10.6 Å². The minimum absolute atomic E-state index is 0.0496. The van der Waals surface area contributed by atoms with Crippen molar-refractivity contribution in [3.63, 3.8) is 0 Å². The van der Waals surface area contributed by atoms with Gasteiger partial charge in [-0.15, -0.1) is 11.3 Å². The van der Waals surface area contributed by atoms with Gasteiger partial charge in [0, 0.05) is 16.0 Å². The highest BCUT2D eigenvalue weighted by Gasteiger charge is 2.29. The zero-order valence-corrected chi connectivity index (χ0v) is 16.9. The summed E-state index contributed by atoms with van der Waals surface area (Å²) in [6.45, 7) is 9.51. The smallest absolute Gasteiger partial charge is 0.254 e. The van der Waals surface area contributed by atoms with Crippen LogP contribution >= 0.6 is 11.3 Å². The maximum absolute atomic E-state index is 12.9. The SMILES string of the molecule is COc1ccc(C(=O)N(CC(=O)Nc2nc(C)c(C)s2)C(C)(C)C)cc1. The first-order chi connectivity index (χ1) is 12.1. The van der Waals surface area contributed by atoms with Crippen LogP contribution in [-0.4, -0.2) is 40.9 Å². The molecule has 0 saturated carbocycles. The van der Waals surface area contributed by atoms with Crippen LogP contribution in [0, 0.1) is 13.8 Å². The summed E-state index contributed by atoms with van der Waals surface area (Å²) in [7, 11) is 1.57. The fourth-order valence-corrected chi connectivity index (χ4v) is 3.16. The number of thiazole rings is 1. The van der Waals surface area contributed by atoms with Crippen LogP contribution in [0.3, 0.4) is 0 Å². The molecule has 0 radical (unpaired) electrons. The van der Waals surface area contributed by atoms with E-state index in [0.29, 0.717) is 16.4 Å². The first-order valence-electron chi connectivity index (χ1n) is 8.31. The number of amides is 2. The molecule has 7 heteroatoms. The maximum atomic E-state index is 12.9. The molecule has 0 aliphatic carbocycles. The minimum atomic E-state index is -0.511. The number of carbonyl (C=O) groups is 2. The molecule has 140 valence electrons. The van der Waals surface area contributed by atoms with Crippen LogP contribution in [0.5, 0.6) is 5.75 Å². The lowest BCUT2D eigenvalue weighted by Crippen LogP contribution is -2.49. The first-order valence-corrected chi connectivity index (χ1v) is 9.13. The quantitative estimate of drug-likeness (QED) is 0.866. The molecule has 26 heavy (non-hydrogen) atoms. The van der Waals surface area contributed by atoms with Gasteiger partial charge in [0.05, 0.1) is 12.8 Å². The van der Waals surface area contributed by atoms with Crippen LogP contribution in [0.2, 0.25) is 0 Å². The molecule has 1 N–H and O–H groups in total. The summed E-state index contributed by atoms with van der Waals surface area (Å²) in [5.74, 6) is 0.202. The molecule has 0 spiro atoms. The molecule has 0 fully saturated rings. The molecule has 0 atom stereocenters. The molecule has 2 amide bonds. The highest BCUT2D eigenvalue weighted by molar-refractivity contribution is 7.15. The topological polar surface area (TPSA) is 71.5 Å². The third-order valence-corrected chi connectivity index (χ3v) is 4.96. The second-order valence-corrected chi connectivity index (χ2v) is 8.20. The Morgan fingerprint density at radius 3 is 2.27 bits per heavy atom. The summed E-state index contributed by atoms with van der Waals surface area (Å²) in [6.07, 6.45) is 0. The number of nitrogens with one attached hydrogen (secondary N) is 1. The molecular weight excluding hydrogens is 350 g/mol. The number of hydrogen-bond donors (Lipinski definition) is 1. The maximum Gasteiger partial charge on any atom is 0.254 e. The molecular formula is C19H25N3O3S. The number of methoxy groups -OCH3 is 1. The van der Waals surface area contributed by atoms with Crippen molar-refractivity contribution in [2.45, 2.75) is 40.2 Å². The van der Waals surface area contributed by atoms with Crippen molar-refractivity contribution >= 4 is 28.3 Å². The van der Waals surface area contributed by atoms with Gasteiger partial charge in [-0.2, -0.15) is 0 Å². The molecule has 0 aliphatic heterocycles. The number of anilines is 1. The second-order valence-electron chi connectivity index (χ2n) is 7.00. The average Bonchev–Trinajstić information content (AvgIpc) is 2.88. The van der Waals surface area contributed by atoms with Gasteiger partial charge >= 0.3 is 0 Å². The van der Waals surface area contributed by atoms with Crippen LogP contribution in [0.25, 0.3) is 0 Å². The van der Waals surface area contributed by atoms with Gasteiger partial charge in [-0.25, -0.2) is 4.98 Å². The molecule has 0 saturated heterocycles. The van der Waals surface area contributed by atoms with Crippen LogP contribution in [-0.2, 0) is 4.79 Å². The molecule has 2 aromatic rings. The Labute approximate surface area is 158 Å². The molecule has 0 unspecified atom stereocenters. The van der Waals surface area contributed by atoms with E-state index in [9.17, 15) is 9.59 Å². The third-order valence-electron chi connectivity index (χ3n) is 3.97. The number of carbonyl (C=O) groups excluding carboxylic acids is 2. The van der Waals surface area contributed by atoms with E-state index >= 15 is 0 Å². The summed E-state index contributed by atoms with van der Waals surface area (Å²) in [5.41, 5.74) is 0.894. The molecule has 1 heterocycles. The zero-order valence-electron chi connectivity index (χ0n) is 16.0. The van der Waals surface area contributed by atoms with E-state index in [2.05, 4.69) is 10.3 Å². The Kier molecular flexibility index (Phi) is 6.02. The normalized spacial score (nSPS) is 11.2. The number of rotatable bonds is 5. The van der Waals surface area contributed by atoms with Crippen molar-refractivity contribution in [3.8, 4) is 5.75 Å². The Bertz CT molecular complexity index is 772. The average molecular weight is 375 g/mol. The number of aryl methyl sites for hydroxylation is 2. The Hall–Kier alpha value is -2.41. The van der Waals surface area contributed by atoms with Gasteiger partial charge in [-0.3, -0.25) is 9.59 Å². The van der Waals surface area contributed by atoms with Crippen molar-refractivity contribution in [2.75, 3.05) is 19.0 Å². The van der Waals surface area contributed by atoms with Gasteiger partial charge in [0.1, 0.15) is 12.3 Å². The summed E-state index contributed by atoms with van der Waals surface area (Å²) in [6, 6.07) is 6.86. The highest BCUT2D eigenvalue weighted by Crippen LogP contribution is 2.22. The summed E-state index contributed by atoms with van der Waals surface area (Å²) < 4.78 is 5.12. The van der Waals surface area contributed by atoms with E-state index in [1.807, 2.05) is 34.6 Å². The molecule has 0 bridgehead atoms. The molecule has 2 rings (SSSR count). The minimum Gasteiger partial charge on any atom is -0.497 e. The Balaban J connectivity index is 2.15. The lowest BCUT2D eigenvalue weighted by atomic mass is 10.0. The van der Waals surface area contributed by atoms with Gasteiger partial charge in [0.2, 0.25) is 5.91 Å². The summed E-state index contributed by atoms with van der Waals surface area (Å²) in [4.78, 5) is 32.3. The number of hydrogen-bond acceptors (Lipinski definition) is 5. The van der Waals surface area contributed by atoms with Crippen molar-refractivity contribution in [1.82, 2.24) is 9.88 Å². The zero-order chi connectivity index (χ0) is 19.5. The number of aromatic nitrogens is 1. The van der Waals surface area contributed by atoms with Crippen molar-refractivity contribution in [3.05, 3.63) is 40.4 Å². The van der Waals surface area contributed by atoms with Gasteiger partial charge in [0.15, 0.2) is 5.13 Å². The Morgan fingerprint density at radius 2 is 1.81 bits per heavy atom. The van der Waals surface area contributed by atoms with Crippen LogP contribution < -0.4 is 10.1 Å². The predicted molar refractivity (Wildman–Crippen MR) is 104 cm³/mol. The van der Waals surface area contributed by atoms with Crippen molar-refractivity contribution < 1.29 is 14.3 Å². The fraction of sp³-hybridized carbons (Fsp3) is 0.421. The van der Waals surface area contributed by atoms with Crippen LogP contribution in [0.4, 0.5) is 5.13 Å². The number of benzene rings is 1. The van der Waals surface area contributed by atoms with Crippen molar-refractivity contribution in [2.24, 2.45) is 0 Å². The Morgan fingerprint density at radius 1 is 1.19 bits per heavy atom. The largest absolute Gasteiger partial charge is 0.497 e. The van der Waals surface area contributed by atoms with Crippen molar-refractivity contribution in [1.29, 1.82) is 0 Å². The van der Waals surface area contributed by atoms with Gasteiger partial charge in [-0.05, 0) is 58.9 Å². The van der Waals surface area contributed by atoms with Gasteiger partial charge < -0.3 is 15.0 Å². The first kappa shape index (κ1) is 19.9. The summed E-state index contributed by atoms with van der Waals surface area (Å²) in [5, 5.41) is 3.34. The van der Waals surface area contributed by atoms with E-state index in [-0.39, 0.29) is 18.4 Å². The predicted octanol–water partition coefficient (Wildman–Crippen LogP) is 3.65. The standard InChI is InChI=1S/C19H25N3O3S/c1-12-13(2)26-18(20-12)21-16(23)11-22(19(3,4)5)17(24)14-7-9-15(25-6)10-8-14/h7-10H,11H2,1-6H3,(H,20,21,23). The van der Waals surface area contributed by atoms with E-state index in [1.165, 1.54) is 11.3 Å². The number of nitrogens with zero attached hydrogens (tertiary/aromatic N) is 2. The highest BCUT2D eigenvalue weighted by atomic mass is 32.1. The van der Waals surface area contributed by atoms with Crippen LogP contribution in [0.1, 0.15) is 41.7 Å². The fourth-order valence-electron chi connectivity index (χ4n) is 2.33. The van der Waals surface area contributed by atoms with E-state index < -0.39 is 5.54 Å². The lowest BCUT2D eigenvalue weighted by molar-refractivity contribution is -0.117. The lowest BCUT2D eigenvalue weighted by Gasteiger charge is -2.35. The molecule has 1 aromatic heterocycles. The second kappa shape index (κ2) is 7.86. The van der Waals surface area contributed by atoms with Gasteiger partial charge in [-0.1, -0.05) is 0 Å². The van der Waals surface area contributed by atoms with E-state index in [1.54, 1.807) is 36.3 Å². The summed E-state index contributed by atoms with van der Waals surface area (Å²) >= 11 is 1.43. The molecule has 0 aliphatic rings. The van der Waals surface area contributed by atoms with Crippen LogP contribution in [0.15, 0.2) is 24.3 Å². The molecule has 1 aromatic carbocycles. The molecule has 6 nitrogen and oxygen atoms in total. The monoisotopic (exact) mass is 375 g/mol. The number of ether oxygens (including phenoxy) is 1.